The lowest BCUT2D eigenvalue weighted by atomic mass is 9.95. The van der Waals surface area contributed by atoms with Gasteiger partial charge >= 0.3 is 12.1 Å². The molecule has 0 aromatic carbocycles. The summed E-state index contributed by atoms with van der Waals surface area (Å²) in [5, 5.41) is 2.84. The van der Waals surface area contributed by atoms with Crippen molar-refractivity contribution in [3.8, 4) is 0 Å². The van der Waals surface area contributed by atoms with Crippen LogP contribution in [0.4, 0.5) is 13.2 Å². The Kier molecular flexibility index (Phi) is 4.44. The van der Waals surface area contributed by atoms with Crippen LogP contribution in [0.1, 0.15) is 32.1 Å². The second kappa shape index (κ2) is 6.25. The molecule has 1 saturated carbocycles. The van der Waals surface area contributed by atoms with E-state index in [1.54, 1.807) is 4.90 Å². The van der Waals surface area contributed by atoms with E-state index >= 15 is 0 Å². The molecule has 2 aliphatic heterocycles. The molecular formula is C15H20F3N3O3. The number of hydrogen-bond donors (Lipinski definition) is 1. The average Bonchev–Trinajstić information content (AvgIpc) is 3.30. The molecule has 3 aliphatic rings. The molecule has 0 spiro atoms. The fourth-order valence-corrected chi connectivity index (χ4v) is 3.41. The Labute approximate surface area is 137 Å². The van der Waals surface area contributed by atoms with Crippen LogP contribution in [0, 0.1) is 5.92 Å². The van der Waals surface area contributed by atoms with Gasteiger partial charge in [-0.25, -0.2) is 0 Å². The van der Waals surface area contributed by atoms with E-state index < -0.39 is 18.0 Å². The predicted octanol–water partition coefficient (Wildman–Crippen LogP) is 0.667. The molecular weight excluding hydrogens is 327 g/mol. The van der Waals surface area contributed by atoms with Gasteiger partial charge in [-0.1, -0.05) is 0 Å². The molecule has 2 heterocycles. The molecule has 24 heavy (non-hydrogen) atoms. The summed E-state index contributed by atoms with van der Waals surface area (Å²) < 4.78 is 37.2. The number of nitrogens with one attached hydrogen (secondary N) is 1. The van der Waals surface area contributed by atoms with Crippen molar-refractivity contribution in [3.63, 3.8) is 0 Å². The number of halogens is 3. The zero-order chi connectivity index (χ0) is 17.5. The van der Waals surface area contributed by atoms with Crippen LogP contribution < -0.4 is 5.32 Å². The minimum atomic E-state index is -4.87. The van der Waals surface area contributed by atoms with Crippen molar-refractivity contribution in [2.24, 2.45) is 5.92 Å². The first-order valence-electron chi connectivity index (χ1n) is 8.21. The van der Waals surface area contributed by atoms with E-state index in [-0.39, 0.29) is 50.2 Å². The lowest BCUT2D eigenvalue weighted by molar-refractivity contribution is -0.186. The Balaban J connectivity index is 1.46. The summed E-state index contributed by atoms with van der Waals surface area (Å²) in [6.07, 6.45) is -2.14. The first kappa shape index (κ1) is 17.0. The molecule has 1 N–H and O–H groups in total. The second-order valence-corrected chi connectivity index (χ2v) is 6.75. The number of carbonyl (C=O) groups is 3. The summed E-state index contributed by atoms with van der Waals surface area (Å²) in [4.78, 5) is 37.8. The van der Waals surface area contributed by atoms with E-state index in [2.05, 4.69) is 5.32 Å². The summed E-state index contributed by atoms with van der Waals surface area (Å²) in [5.74, 6) is -2.44. The predicted molar refractivity (Wildman–Crippen MR) is 76.6 cm³/mol. The molecule has 1 unspecified atom stereocenters. The lowest BCUT2D eigenvalue weighted by Crippen LogP contribution is -2.48. The third-order valence-corrected chi connectivity index (χ3v) is 4.89. The molecule has 0 aromatic heterocycles. The van der Waals surface area contributed by atoms with Crippen molar-refractivity contribution >= 4 is 17.7 Å². The van der Waals surface area contributed by atoms with Crippen molar-refractivity contribution in [1.29, 1.82) is 0 Å². The highest BCUT2D eigenvalue weighted by atomic mass is 19.4. The minimum absolute atomic E-state index is 0.0494. The fourth-order valence-electron chi connectivity index (χ4n) is 3.41. The fraction of sp³-hybridized carbons (Fsp3) is 0.800. The van der Waals surface area contributed by atoms with Crippen molar-refractivity contribution in [1.82, 2.24) is 15.1 Å². The molecule has 1 aliphatic carbocycles. The van der Waals surface area contributed by atoms with Crippen molar-refractivity contribution in [2.45, 2.75) is 50.4 Å². The molecule has 3 fully saturated rings. The Morgan fingerprint density at radius 2 is 1.71 bits per heavy atom. The maximum atomic E-state index is 12.4. The van der Waals surface area contributed by atoms with E-state index in [1.807, 2.05) is 0 Å². The highest BCUT2D eigenvalue weighted by molar-refractivity contribution is 5.84. The molecule has 6 nitrogen and oxygen atoms in total. The van der Waals surface area contributed by atoms with Gasteiger partial charge < -0.3 is 15.1 Å². The van der Waals surface area contributed by atoms with Gasteiger partial charge in [-0.05, 0) is 25.7 Å². The van der Waals surface area contributed by atoms with E-state index in [9.17, 15) is 27.6 Å². The molecule has 0 bridgehead atoms. The third-order valence-electron chi connectivity index (χ3n) is 4.89. The number of piperidine rings is 1. The minimum Gasteiger partial charge on any atom is -0.351 e. The van der Waals surface area contributed by atoms with Crippen LogP contribution in [-0.4, -0.2) is 65.4 Å². The summed E-state index contributed by atoms with van der Waals surface area (Å²) in [7, 11) is 0. The number of likely N-dealkylation sites (tertiary alicyclic amines) is 2. The smallest absolute Gasteiger partial charge is 0.351 e. The van der Waals surface area contributed by atoms with Gasteiger partial charge in [0.1, 0.15) is 0 Å². The molecule has 1 atom stereocenters. The Morgan fingerprint density at radius 1 is 1.08 bits per heavy atom. The van der Waals surface area contributed by atoms with Gasteiger partial charge in [0.15, 0.2) is 0 Å². The van der Waals surface area contributed by atoms with Crippen LogP contribution in [0.25, 0.3) is 0 Å². The number of hydrogen-bond acceptors (Lipinski definition) is 3. The standard InChI is InChI=1S/C15H20F3N3O3/c16-15(17,18)14(24)20-5-3-9(4-6-20)13(23)19-10-7-12(22)21(8-10)11-1-2-11/h9-11H,1-8H2,(H,19,23). The summed E-state index contributed by atoms with van der Waals surface area (Å²) >= 11 is 0. The number of alkyl halides is 3. The Morgan fingerprint density at radius 3 is 2.25 bits per heavy atom. The zero-order valence-corrected chi connectivity index (χ0v) is 13.1. The van der Waals surface area contributed by atoms with Crippen LogP contribution in [0.5, 0.6) is 0 Å². The first-order valence-corrected chi connectivity index (χ1v) is 8.21. The Bertz CT molecular complexity index is 540. The van der Waals surface area contributed by atoms with Crippen LogP contribution in [0.3, 0.4) is 0 Å². The van der Waals surface area contributed by atoms with Crippen molar-refractivity contribution in [2.75, 3.05) is 19.6 Å². The first-order chi connectivity index (χ1) is 11.3. The number of rotatable bonds is 3. The van der Waals surface area contributed by atoms with Crippen molar-refractivity contribution < 1.29 is 27.6 Å². The van der Waals surface area contributed by atoms with Gasteiger partial charge in [-0.3, -0.25) is 14.4 Å². The van der Waals surface area contributed by atoms with Gasteiger partial charge in [0.2, 0.25) is 11.8 Å². The third kappa shape index (κ3) is 3.64. The molecule has 9 heteroatoms. The van der Waals surface area contributed by atoms with Gasteiger partial charge in [0.25, 0.3) is 0 Å². The summed E-state index contributed by atoms with van der Waals surface area (Å²) in [6.45, 7) is 0.364. The van der Waals surface area contributed by atoms with Crippen LogP contribution >= 0.6 is 0 Å². The average molecular weight is 347 g/mol. The maximum absolute atomic E-state index is 12.4. The molecule has 0 radical (unpaired) electrons. The normalized spacial score (nSPS) is 26.0. The monoisotopic (exact) mass is 347 g/mol. The zero-order valence-electron chi connectivity index (χ0n) is 13.1. The van der Waals surface area contributed by atoms with E-state index in [4.69, 9.17) is 0 Å². The molecule has 3 rings (SSSR count). The quantitative estimate of drug-likeness (QED) is 0.816. The number of nitrogens with zero attached hydrogens (tertiary/aromatic N) is 2. The SMILES string of the molecule is O=C(NC1CC(=O)N(C2CC2)C1)C1CCN(C(=O)C(F)(F)F)CC1. The van der Waals surface area contributed by atoms with Gasteiger partial charge in [0.05, 0.1) is 6.04 Å². The highest BCUT2D eigenvalue weighted by Crippen LogP contribution is 2.31. The van der Waals surface area contributed by atoms with Gasteiger partial charge in [-0.2, -0.15) is 13.2 Å². The van der Waals surface area contributed by atoms with E-state index in [1.165, 1.54) is 0 Å². The van der Waals surface area contributed by atoms with E-state index in [0.29, 0.717) is 12.6 Å². The van der Waals surface area contributed by atoms with Crippen LogP contribution in [-0.2, 0) is 14.4 Å². The van der Waals surface area contributed by atoms with Gasteiger partial charge in [-0.15, -0.1) is 0 Å². The van der Waals surface area contributed by atoms with Crippen LogP contribution in [0.2, 0.25) is 0 Å². The van der Waals surface area contributed by atoms with Crippen LogP contribution in [0.15, 0.2) is 0 Å². The summed E-state index contributed by atoms with van der Waals surface area (Å²) in [5.41, 5.74) is 0. The lowest BCUT2D eigenvalue weighted by Gasteiger charge is -2.32. The number of carbonyl (C=O) groups excluding carboxylic acids is 3. The molecule has 3 amide bonds. The highest BCUT2D eigenvalue weighted by Gasteiger charge is 2.44. The largest absolute Gasteiger partial charge is 0.471 e. The second-order valence-electron chi connectivity index (χ2n) is 6.75. The topological polar surface area (TPSA) is 69.7 Å². The summed E-state index contributed by atoms with van der Waals surface area (Å²) in [6, 6.07) is 0.0939. The van der Waals surface area contributed by atoms with Gasteiger partial charge in [0, 0.05) is 38.0 Å². The van der Waals surface area contributed by atoms with Crippen molar-refractivity contribution in [3.05, 3.63) is 0 Å². The van der Waals surface area contributed by atoms with E-state index in [0.717, 1.165) is 17.7 Å². The maximum Gasteiger partial charge on any atom is 0.471 e. The molecule has 2 saturated heterocycles. The number of amides is 3. The molecule has 134 valence electrons. The molecule has 0 aromatic rings. The Hall–Kier alpha value is -1.80.